The number of rotatable bonds is 2. The van der Waals surface area contributed by atoms with E-state index in [9.17, 15) is 4.79 Å². The number of hydrogen-bond donors (Lipinski definition) is 1. The topological polar surface area (TPSA) is 50.2 Å². The number of carbonyl (C=O) groups is 1. The van der Waals surface area contributed by atoms with E-state index in [1.807, 2.05) is 18.7 Å². The lowest BCUT2D eigenvalue weighted by molar-refractivity contribution is 0.0707. The highest BCUT2D eigenvalue weighted by atomic mass is 35.5. The summed E-state index contributed by atoms with van der Waals surface area (Å²) in [6.45, 7) is 8.37. The van der Waals surface area contributed by atoms with Crippen LogP contribution in [-0.4, -0.2) is 46.3 Å². The predicted molar refractivity (Wildman–Crippen MR) is 75.7 cm³/mol. The zero-order chi connectivity index (χ0) is 14.2. The first-order valence-electron chi connectivity index (χ1n) is 6.66. The Balaban J connectivity index is 2.32. The molecule has 106 valence electrons. The number of carbonyl (C=O) groups excluding carboxylic acids is 1. The molecule has 1 atom stereocenters. The predicted octanol–water partition coefficient (Wildman–Crippen LogP) is 1.63. The van der Waals surface area contributed by atoms with E-state index in [0.717, 1.165) is 12.2 Å². The van der Waals surface area contributed by atoms with Crippen LogP contribution in [0.5, 0.6) is 0 Å². The Kier molecular flexibility index (Phi) is 4.16. The zero-order valence-corrected chi connectivity index (χ0v) is 12.7. The molecule has 1 aromatic rings. The Morgan fingerprint density at radius 1 is 1.53 bits per heavy atom. The van der Waals surface area contributed by atoms with Crippen LogP contribution in [0.25, 0.3) is 0 Å². The fraction of sp³-hybridized carbons (Fsp3) is 0.692. The lowest BCUT2D eigenvalue weighted by atomic mass is 10.0. The first kappa shape index (κ1) is 14.3. The smallest absolute Gasteiger partial charge is 0.259 e. The molecule has 1 saturated heterocycles. The van der Waals surface area contributed by atoms with Gasteiger partial charge in [-0.05, 0) is 12.8 Å². The first-order valence-corrected chi connectivity index (χ1v) is 7.04. The summed E-state index contributed by atoms with van der Waals surface area (Å²) in [7, 11) is 1.77. The second-order valence-electron chi connectivity index (χ2n) is 5.44. The van der Waals surface area contributed by atoms with Crippen LogP contribution in [0, 0.1) is 0 Å². The van der Waals surface area contributed by atoms with E-state index in [-0.39, 0.29) is 11.8 Å². The van der Waals surface area contributed by atoms with Crippen molar-refractivity contribution in [2.75, 3.05) is 19.6 Å². The molecule has 1 aliphatic rings. The second kappa shape index (κ2) is 5.51. The van der Waals surface area contributed by atoms with E-state index in [2.05, 4.69) is 17.3 Å². The molecule has 0 radical (unpaired) electrons. The van der Waals surface area contributed by atoms with Crippen molar-refractivity contribution in [2.24, 2.45) is 7.05 Å². The van der Waals surface area contributed by atoms with Gasteiger partial charge >= 0.3 is 0 Å². The van der Waals surface area contributed by atoms with Gasteiger partial charge in [0.15, 0.2) is 0 Å². The molecule has 1 aromatic heterocycles. The van der Waals surface area contributed by atoms with Crippen molar-refractivity contribution >= 4 is 17.5 Å². The van der Waals surface area contributed by atoms with Crippen LogP contribution in [0.15, 0.2) is 0 Å². The summed E-state index contributed by atoms with van der Waals surface area (Å²) in [5.41, 5.74) is 1.34. The minimum absolute atomic E-state index is 0.00449. The maximum atomic E-state index is 12.7. The highest BCUT2D eigenvalue weighted by Crippen LogP contribution is 2.26. The Bertz CT molecular complexity index is 483. The zero-order valence-electron chi connectivity index (χ0n) is 11.9. The van der Waals surface area contributed by atoms with Crippen LogP contribution >= 0.6 is 11.6 Å². The third kappa shape index (κ3) is 2.77. The highest BCUT2D eigenvalue weighted by Gasteiger charge is 2.29. The molecule has 2 heterocycles. The Hall–Kier alpha value is -1.07. The maximum absolute atomic E-state index is 12.7. The van der Waals surface area contributed by atoms with Gasteiger partial charge in [-0.25, -0.2) is 0 Å². The van der Waals surface area contributed by atoms with Gasteiger partial charge in [0, 0.05) is 32.7 Å². The molecule has 0 aliphatic carbocycles. The summed E-state index contributed by atoms with van der Waals surface area (Å²) in [5.74, 6) is 0.174. The van der Waals surface area contributed by atoms with Crippen LogP contribution in [0.1, 0.15) is 42.7 Å². The average Bonchev–Trinajstić information content (AvgIpc) is 2.65. The van der Waals surface area contributed by atoms with E-state index in [4.69, 9.17) is 11.6 Å². The van der Waals surface area contributed by atoms with Crippen molar-refractivity contribution in [2.45, 2.75) is 32.7 Å². The third-order valence-electron chi connectivity index (χ3n) is 3.42. The van der Waals surface area contributed by atoms with E-state index >= 15 is 0 Å². The lowest BCUT2D eigenvalue weighted by Gasteiger charge is -2.32. The van der Waals surface area contributed by atoms with Crippen molar-refractivity contribution in [1.29, 1.82) is 0 Å². The molecule has 1 N–H and O–H groups in total. The van der Waals surface area contributed by atoms with Gasteiger partial charge in [0.25, 0.3) is 5.91 Å². The van der Waals surface area contributed by atoms with Gasteiger partial charge in [0.1, 0.15) is 5.15 Å². The Morgan fingerprint density at radius 2 is 2.21 bits per heavy atom. The van der Waals surface area contributed by atoms with Crippen LogP contribution in [0.2, 0.25) is 5.15 Å². The van der Waals surface area contributed by atoms with E-state index < -0.39 is 0 Å². The van der Waals surface area contributed by atoms with Crippen molar-refractivity contribution in [3.8, 4) is 0 Å². The van der Waals surface area contributed by atoms with Crippen molar-refractivity contribution in [3.63, 3.8) is 0 Å². The first-order chi connectivity index (χ1) is 8.91. The molecule has 5 nitrogen and oxygen atoms in total. The molecule has 0 unspecified atom stereocenters. The minimum Gasteiger partial charge on any atom is -0.336 e. The fourth-order valence-electron chi connectivity index (χ4n) is 2.40. The van der Waals surface area contributed by atoms with Gasteiger partial charge in [0.05, 0.1) is 11.3 Å². The van der Waals surface area contributed by atoms with Crippen LogP contribution < -0.4 is 5.32 Å². The van der Waals surface area contributed by atoms with E-state index in [1.54, 1.807) is 11.7 Å². The van der Waals surface area contributed by atoms with Crippen LogP contribution in [0.4, 0.5) is 0 Å². The van der Waals surface area contributed by atoms with Crippen molar-refractivity contribution in [3.05, 3.63) is 16.4 Å². The number of nitrogens with zero attached hydrogens (tertiary/aromatic N) is 3. The van der Waals surface area contributed by atoms with Gasteiger partial charge in [0.2, 0.25) is 0 Å². The number of hydrogen-bond acceptors (Lipinski definition) is 3. The number of amides is 1. The van der Waals surface area contributed by atoms with Crippen molar-refractivity contribution < 1.29 is 4.79 Å². The average molecular weight is 285 g/mol. The molecular formula is C13H21ClN4O. The summed E-state index contributed by atoms with van der Waals surface area (Å²) in [6.07, 6.45) is 0. The molecule has 19 heavy (non-hydrogen) atoms. The largest absolute Gasteiger partial charge is 0.336 e. The number of nitrogens with one attached hydrogen (secondary N) is 1. The molecule has 0 bridgehead atoms. The normalized spacial score (nSPS) is 20.1. The molecule has 6 heteroatoms. The standard InChI is InChI=1S/C13H21ClN4O/c1-8(2)11-10(12(14)17(4)16-11)13(19)18-6-5-15-9(3)7-18/h8-9,15H,5-7H2,1-4H3/t9-/m1/s1. The highest BCUT2D eigenvalue weighted by molar-refractivity contribution is 6.33. The number of aromatic nitrogens is 2. The Morgan fingerprint density at radius 3 is 2.79 bits per heavy atom. The summed E-state index contributed by atoms with van der Waals surface area (Å²) in [4.78, 5) is 14.5. The quantitative estimate of drug-likeness (QED) is 0.898. The maximum Gasteiger partial charge on any atom is 0.259 e. The summed E-state index contributed by atoms with van der Waals surface area (Å²) in [5, 5.41) is 8.12. The van der Waals surface area contributed by atoms with Crippen molar-refractivity contribution in [1.82, 2.24) is 20.0 Å². The fourth-order valence-corrected chi connectivity index (χ4v) is 2.62. The molecule has 1 aliphatic heterocycles. The SMILES string of the molecule is CC(C)c1nn(C)c(Cl)c1C(=O)N1CCN[C@H](C)C1. The monoisotopic (exact) mass is 284 g/mol. The molecule has 0 spiro atoms. The van der Waals surface area contributed by atoms with Gasteiger partial charge in [-0.3, -0.25) is 9.48 Å². The van der Waals surface area contributed by atoms with Gasteiger partial charge in [-0.2, -0.15) is 5.10 Å². The number of aryl methyl sites for hydroxylation is 1. The lowest BCUT2D eigenvalue weighted by Crippen LogP contribution is -2.51. The number of halogens is 1. The van der Waals surface area contributed by atoms with E-state index in [0.29, 0.717) is 29.8 Å². The molecule has 1 amide bonds. The van der Waals surface area contributed by atoms with Crippen LogP contribution in [-0.2, 0) is 7.05 Å². The van der Waals surface area contributed by atoms with Gasteiger partial charge in [-0.1, -0.05) is 25.4 Å². The Labute approximate surface area is 118 Å². The summed E-state index contributed by atoms with van der Waals surface area (Å²) >= 11 is 6.25. The van der Waals surface area contributed by atoms with Gasteiger partial charge in [-0.15, -0.1) is 0 Å². The van der Waals surface area contributed by atoms with Gasteiger partial charge < -0.3 is 10.2 Å². The summed E-state index contributed by atoms with van der Waals surface area (Å²) in [6, 6.07) is 0.315. The molecular weight excluding hydrogens is 264 g/mol. The summed E-state index contributed by atoms with van der Waals surface area (Å²) < 4.78 is 1.58. The molecule has 1 fully saturated rings. The number of piperazine rings is 1. The molecule has 0 aromatic carbocycles. The van der Waals surface area contributed by atoms with E-state index in [1.165, 1.54) is 0 Å². The minimum atomic E-state index is -0.00449. The third-order valence-corrected chi connectivity index (χ3v) is 3.85. The molecule has 0 saturated carbocycles. The second-order valence-corrected chi connectivity index (χ2v) is 5.79. The molecule has 2 rings (SSSR count). The van der Waals surface area contributed by atoms with Crippen LogP contribution in [0.3, 0.4) is 0 Å².